The van der Waals surface area contributed by atoms with Crippen LogP contribution in [0.15, 0.2) is 12.4 Å². The lowest BCUT2D eigenvalue weighted by molar-refractivity contribution is 0.111. The van der Waals surface area contributed by atoms with Crippen molar-refractivity contribution in [2.45, 2.75) is 25.5 Å². The van der Waals surface area contributed by atoms with Crippen molar-refractivity contribution in [3.63, 3.8) is 0 Å². The van der Waals surface area contributed by atoms with Crippen LogP contribution in [0.1, 0.15) is 13.3 Å². The quantitative estimate of drug-likeness (QED) is 0.775. The minimum Gasteiger partial charge on any atom is -0.477 e. The normalized spacial score (nSPS) is 23.0. The van der Waals surface area contributed by atoms with Crippen molar-refractivity contribution in [1.29, 1.82) is 0 Å². The Balaban J connectivity index is 1.96. The Labute approximate surface area is 107 Å². The second-order valence-corrected chi connectivity index (χ2v) is 4.27. The summed E-state index contributed by atoms with van der Waals surface area (Å²) in [6.07, 6.45) is 4.44. The van der Waals surface area contributed by atoms with Crippen molar-refractivity contribution >= 4 is 5.82 Å². The van der Waals surface area contributed by atoms with E-state index in [4.69, 9.17) is 9.47 Å². The van der Waals surface area contributed by atoms with Crippen LogP contribution < -0.4 is 15.4 Å². The first kappa shape index (κ1) is 13.0. The third-order valence-electron chi connectivity index (χ3n) is 2.86. The highest BCUT2D eigenvalue weighted by molar-refractivity contribution is 5.35. The highest BCUT2D eigenvalue weighted by atomic mass is 16.5. The van der Waals surface area contributed by atoms with E-state index in [0.29, 0.717) is 12.5 Å². The molecule has 1 aliphatic heterocycles. The molecule has 6 heteroatoms. The molecule has 1 aromatic rings. The molecule has 0 aromatic carbocycles. The smallest absolute Gasteiger partial charge is 0.234 e. The van der Waals surface area contributed by atoms with Crippen LogP contribution in [0.2, 0.25) is 0 Å². The molecule has 2 rings (SSSR count). The molecule has 2 N–H and O–H groups in total. The maximum atomic E-state index is 5.45. The largest absolute Gasteiger partial charge is 0.477 e. The van der Waals surface area contributed by atoms with E-state index in [0.717, 1.165) is 25.3 Å². The molecule has 1 saturated heterocycles. The predicted molar refractivity (Wildman–Crippen MR) is 68.9 cm³/mol. The summed E-state index contributed by atoms with van der Waals surface area (Å²) in [5.74, 6) is 1.28. The van der Waals surface area contributed by atoms with Gasteiger partial charge in [0.2, 0.25) is 5.88 Å². The monoisotopic (exact) mass is 252 g/mol. The molecule has 100 valence electrons. The number of hydrogen-bond acceptors (Lipinski definition) is 6. The van der Waals surface area contributed by atoms with E-state index in [1.807, 2.05) is 0 Å². The topological polar surface area (TPSA) is 68.3 Å². The number of rotatable bonds is 6. The molecule has 0 bridgehead atoms. The maximum Gasteiger partial charge on any atom is 0.234 e. The number of methoxy groups -OCH3 is 1. The predicted octanol–water partition coefficient (Wildman–Crippen LogP) is 0.664. The first-order chi connectivity index (χ1) is 8.83. The minimum atomic E-state index is 0.159. The molecule has 0 spiro atoms. The lowest BCUT2D eigenvalue weighted by atomic mass is 10.2. The SMILES string of the molecule is CCCOc1cncc(NC2CNC[C@@H]2OC)n1. The van der Waals surface area contributed by atoms with Gasteiger partial charge in [-0.25, -0.2) is 0 Å². The molecule has 1 unspecified atom stereocenters. The number of nitrogens with one attached hydrogen (secondary N) is 2. The fraction of sp³-hybridized carbons (Fsp3) is 0.667. The lowest BCUT2D eigenvalue weighted by Crippen LogP contribution is -2.33. The van der Waals surface area contributed by atoms with Crippen molar-refractivity contribution in [3.05, 3.63) is 12.4 Å². The summed E-state index contributed by atoms with van der Waals surface area (Å²) >= 11 is 0. The van der Waals surface area contributed by atoms with Crippen LogP contribution in [-0.4, -0.2) is 48.9 Å². The zero-order valence-corrected chi connectivity index (χ0v) is 10.8. The Morgan fingerprint density at radius 3 is 3.11 bits per heavy atom. The number of ether oxygens (including phenoxy) is 2. The molecule has 2 atom stereocenters. The van der Waals surface area contributed by atoms with Crippen LogP contribution in [0.5, 0.6) is 5.88 Å². The fourth-order valence-electron chi connectivity index (χ4n) is 1.93. The van der Waals surface area contributed by atoms with Crippen molar-refractivity contribution in [2.75, 3.05) is 32.1 Å². The van der Waals surface area contributed by atoms with Gasteiger partial charge in [0.1, 0.15) is 5.82 Å². The van der Waals surface area contributed by atoms with Gasteiger partial charge in [-0.3, -0.25) is 4.98 Å². The summed E-state index contributed by atoms with van der Waals surface area (Å²) in [7, 11) is 1.72. The van der Waals surface area contributed by atoms with E-state index in [2.05, 4.69) is 27.5 Å². The lowest BCUT2D eigenvalue weighted by Gasteiger charge is -2.19. The van der Waals surface area contributed by atoms with Gasteiger partial charge in [0.05, 0.1) is 31.1 Å². The van der Waals surface area contributed by atoms with E-state index in [9.17, 15) is 0 Å². The van der Waals surface area contributed by atoms with Gasteiger partial charge < -0.3 is 20.1 Å². The van der Waals surface area contributed by atoms with Gasteiger partial charge >= 0.3 is 0 Å². The zero-order valence-electron chi connectivity index (χ0n) is 10.8. The second kappa shape index (κ2) is 6.51. The average Bonchev–Trinajstić information content (AvgIpc) is 2.84. The first-order valence-electron chi connectivity index (χ1n) is 6.28. The van der Waals surface area contributed by atoms with E-state index < -0.39 is 0 Å². The van der Waals surface area contributed by atoms with Gasteiger partial charge in [0.15, 0.2) is 0 Å². The second-order valence-electron chi connectivity index (χ2n) is 4.27. The maximum absolute atomic E-state index is 5.45. The van der Waals surface area contributed by atoms with E-state index in [1.54, 1.807) is 19.5 Å². The molecule has 0 saturated carbocycles. The van der Waals surface area contributed by atoms with Crippen LogP contribution in [0.3, 0.4) is 0 Å². The van der Waals surface area contributed by atoms with Crippen molar-refractivity contribution < 1.29 is 9.47 Å². The summed E-state index contributed by atoms with van der Waals surface area (Å²) in [5, 5.41) is 6.59. The number of nitrogens with zero attached hydrogens (tertiary/aromatic N) is 2. The van der Waals surface area contributed by atoms with Crippen LogP contribution in [0.4, 0.5) is 5.82 Å². The minimum absolute atomic E-state index is 0.159. The van der Waals surface area contributed by atoms with Gasteiger partial charge in [-0.2, -0.15) is 4.98 Å². The Morgan fingerprint density at radius 1 is 1.44 bits per heavy atom. The summed E-state index contributed by atoms with van der Waals surface area (Å²) in [5.41, 5.74) is 0. The van der Waals surface area contributed by atoms with Crippen LogP contribution in [-0.2, 0) is 4.74 Å². The van der Waals surface area contributed by atoms with Crippen molar-refractivity contribution in [2.24, 2.45) is 0 Å². The Morgan fingerprint density at radius 2 is 2.33 bits per heavy atom. The number of aromatic nitrogens is 2. The molecular weight excluding hydrogens is 232 g/mol. The van der Waals surface area contributed by atoms with E-state index in [-0.39, 0.29) is 12.1 Å². The van der Waals surface area contributed by atoms with Crippen molar-refractivity contribution in [1.82, 2.24) is 15.3 Å². The highest BCUT2D eigenvalue weighted by Crippen LogP contribution is 2.13. The van der Waals surface area contributed by atoms with Gasteiger partial charge in [0, 0.05) is 20.2 Å². The molecule has 6 nitrogen and oxygen atoms in total. The summed E-state index contributed by atoms with van der Waals surface area (Å²) in [6, 6.07) is 0.214. The summed E-state index contributed by atoms with van der Waals surface area (Å²) in [4.78, 5) is 8.48. The molecule has 18 heavy (non-hydrogen) atoms. The molecular formula is C12H20N4O2. The van der Waals surface area contributed by atoms with Gasteiger partial charge in [-0.05, 0) is 6.42 Å². The third-order valence-corrected chi connectivity index (χ3v) is 2.86. The zero-order chi connectivity index (χ0) is 12.8. The Kier molecular flexibility index (Phi) is 4.72. The van der Waals surface area contributed by atoms with Crippen LogP contribution >= 0.6 is 0 Å². The van der Waals surface area contributed by atoms with Crippen molar-refractivity contribution in [3.8, 4) is 5.88 Å². The van der Waals surface area contributed by atoms with Gasteiger partial charge in [-0.1, -0.05) is 6.92 Å². The molecule has 2 heterocycles. The summed E-state index contributed by atoms with van der Waals surface area (Å²) < 4.78 is 10.8. The fourth-order valence-corrected chi connectivity index (χ4v) is 1.93. The molecule has 1 aliphatic rings. The first-order valence-corrected chi connectivity index (χ1v) is 6.28. The Bertz CT molecular complexity index is 375. The third kappa shape index (κ3) is 3.30. The van der Waals surface area contributed by atoms with Gasteiger partial charge in [-0.15, -0.1) is 0 Å². The molecule has 1 aromatic heterocycles. The standard InChI is InChI=1S/C12H20N4O2/c1-3-4-18-12-8-14-7-11(16-12)15-9-5-13-6-10(9)17-2/h7-10,13H,3-6H2,1-2H3,(H,15,16)/t9?,10-/m0/s1. The molecule has 1 fully saturated rings. The van der Waals surface area contributed by atoms with E-state index in [1.165, 1.54) is 0 Å². The molecule has 0 aliphatic carbocycles. The highest BCUT2D eigenvalue weighted by Gasteiger charge is 2.26. The molecule has 0 amide bonds. The van der Waals surface area contributed by atoms with Crippen LogP contribution in [0, 0.1) is 0 Å². The van der Waals surface area contributed by atoms with E-state index >= 15 is 0 Å². The molecule has 0 radical (unpaired) electrons. The average molecular weight is 252 g/mol. The summed E-state index contributed by atoms with van der Waals surface area (Å²) in [6.45, 7) is 4.43. The number of anilines is 1. The Hall–Kier alpha value is -1.40. The van der Waals surface area contributed by atoms with Crippen LogP contribution in [0.25, 0.3) is 0 Å². The number of hydrogen-bond donors (Lipinski definition) is 2. The van der Waals surface area contributed by atoms with Gasteiger partial charge in [0.25, 0.3) is 0 Å².